The molecule has 1 aromatic rings. The fraction of sp³-hybridized carbons (Fsp3) is 0.462. The Labute approximate surface area is 97.2 Å². The maximum atomic E-state index is 4.21. The van der Waals surface area contributed by atoms with Crippen molar-refractivity contribution < 1.29 is 0 Å². The molecule has 86 valence electrons. The van der Waals surface area contributed by atoms with E-state index in [1.54, 1.807) is 0 Å². The molecule has 0 radical (unpaired) electrons. The molecule has 2 rings (SSSR count). The summed E-state index contributed by atoms with van der Waals surface area (Å²) in [5.41, 5.74) is 1.30. The van der Waals surface area contributed by atoms with Gasteiger partial charge in [0.1, 0.15) is 0 Å². The molecule has 16 heavy (non-hydrogen) atoms. The highest BCUT2D eigenvalue weighted by molar-refractivity contribution is 5.15. The molecule has 1 saturated heterocycles. The monoisotopic (exact) mass is 217 g/mol. The van der Waals surface area contributed by atoms with Crippen molar-refractivity contribution in [3.05, 3.63) is 42.7 Å². The van der Waals surface area contributed by atoms with Gasteiger partial charge in [-0.15, -0.1) is 6.58 Å². The van der Waals surface area contributed by atoms with Crippen molar-refractivity contribution in [3.8, 4) is 0 Å². The maximum Gasteiger partial charge on any atom is 0.0398 e. The molecule has 0 bridgehead atoms. The van der Waals surface area contributed by atoms with E-state index in [1.165, 1.54) is 5.56 Å². The molecule has 1 aliphatic rings. The van der Waals surface area contributed by atoms with Crippen LogP contribution in [0.3, 0.4) is 0 Å². The standard InChI is InChI=1S/C13H19N3/c1-2-4-13(12-5-3-6-15-11-12)16-9-7-14-8-10-16/h2-3,5-6,11,13-14H,1,4,7-10H2/t13-/m0/s1. The third kappa shape index (κ3) is 2.68. The van der Waals surface area contributed by atoms with Crippen LogP contribution in [-0.4, -0.2) is 36.1 Å². The first kappa shape index (κ1) is 11.3. The number of nitrogens with zero attached hydrogens (tertiary/aromatic N) is 2. The zero-order valence-electron chi connectivity index (χ0n) is 9.60. The number of hydrogen-bond donors (Lipinski definition) is 1. The Morgan fingerprint density at radius 2 is 2.31 bits per heavy atom. The zero-order chi connectivity index (χ0) is 11.2. The third-order valence-electron chi connectivity index (χ3n) is 3.05. The maximum absolute atomic E-state index is 4.21. The molecule has 0 amide bonds. The Hall–Kier alpha value is -1.19. The first-order valence-electron chi connectivity index (χ1n) is 5.87. The molecule has 1 aromatic heterocycles. The minimum atomic E-state index is 0.438. The van der Waals surface area contributed by atoms with Crippen molar-refractivity contribution in [2.45, 2.75) is 12.5 Å². The van der Waals surface area contributed by atoms with E-state index >= 15 is 0 Å². The summed E-state index contributed by atoms with van der Waals surface area (Å²) < 4.78 is 0. The lowest BCUT2D eigenvalue weighted by atomic mass is 10.0. The third-order valence-corrected chi connectivity index (χ3v) is 3.05. The van der Waals surface area contributed by atoms with Gasteiger partial charge in [-0.2, -0.15) is 0 Å². The number of piperazine rings is 1. The molecule has 1 aliphatic heterocycles. The van der Waals surface area contributed by atoms with E-state index in [-0.39, 0.29) is 0 Å². The molecule has 1 atom stereocenters. The molecule has 0 aliphatic carbocycles. The number of rotatable bonds is 4. The molecular formula is C13H19N3. The fourth-order valence-electron chi connectivity index (χ4n) is 2.22. The first-order chi connectivity index (χ1) is 7.92. The average Bonchev–Trinajstić information content (AvgIpc) is 2.38. The summed E-state index contributed by atoms with van der Waals surface area (Å²) in [5, 5.41) is 3.38. The predicted molar refractivity (Wildman–Crippen MR) is 66.2 cm³/mol. The molecule has 1 fully saturated rings. The van der Waals surface area contributed by atoms with Gasteiger partial charge in [0.15, 0.2) is 0 Å². The van der Waals surface area contributed by atoms with Gasteiger partial charge in [0.2, 0.25) is 0 Å². The summed E-state index contributed by atoms with van der Waals surface area (Å²) in [4.78, 5) is 6.72. The van der Waals surface area contributed by atoms with Crippen molar-refractivity contribution in [1.29, 1.82) is 0 Å². The van der Waals surface area contributed by atoms with Crippen LogP contribution in [0.5, 0.6) is 0 Å². The fourth-order valence-corrected chi connectivity index (χ4v) is 2.22. The van der Waals surface area contributed by atoms with Crippen LogP contribution in [0.2, 0.25) is 0 Å². The quantitative estimate of drug-likeness (QED) is 0.777. The normalized spacial score (nSPS) is 19.2. The largest absolute Gasteiger partial charge is 0.314 e. The van der Waals surface area contributed by atoms with E-state index in [9.17, 15) is 0 Å². The van der Waals surface area contributed by atoms with Crippen LogP contribution in [-0.2, 0) is 0 Å². The summed E-state index contributed by atoms with van der Waals surface area (Å²) >= 11 is 0. The highest BCUT2D eigenvalue weighted by Crippen LogP contribution is 2.23. The van der Waals surface area contributed by atoms with Crippen molar-refractivity contribution >= 4 is 0 Å². The minimum absolute atomic E-state index is 0.438. The highest BCUT2D eigenvalue weighted by atomic mass is 15.2. The van der Waals surface area contributed by atoms with Crippen molar-refractivity contribution in [2.24, 2.45) is 0 Å². The van der Waals surface area contributed by atoms with Gasteiger partial charge in [-0.1, -0.05) is 12.1 Å². The molecule has 3 heteroatoms. The van der Waals surface area contributed by atoms with Gasteiger partial charge in [-0.3, -0.25) is 9.88 Å². The number of aromatic nitrogens is 1. The summed E-state index contributed by atoms with van der Waals surface area (Å²) in [6.07, 6.45) is 6.79. The van der Waals surface area contributed by atoms with Gasteiger partial charge >= 0.3 is 0 Å². The lowest BCUT2D eigenvalue weighted by molar-refractivity contribution is 0.174. The first-order valence-corrected chi connectivity index (χ1v) is 5.87. The second-order valence-corrected chi connectivity index (χ2v) is 4.11. The van der Waals surface area contributed by atoms with E-state index in [4.69, 9.17) is 0 Å². The summed E-state index contributed by atoms with van der Waals surface area (Å²) in [6, 6.07) is 4.60. The van der Waals surface area contributed by atoms with E-state index < -0.39 is 0 Å². The van der Waals surface area contributed by atoms with Gasteiger partial charge in [-0.05, 0) is 18.1 Å². The topological polar surface area (TPSA) is 28.2 Å². The molecule has 0 unspecified atom stereocenters. The Morgan fingerprint density at radius 3 is 2.94 bits per heavy atom. The van der Waals surface area contributed by atoms with Crippen LogP contribution >= 0.6 is 0 Å². The van der Waals surface area contributed by atoms with Crippen molar-refractivity contribution in [1.82, 2.24) is 15.2 Å². The summed E-state index contributed by atoms with van der Waals surface area (Å²) in [5.74, 6) is 0. The van der Waals surface area contributed by atoms with Crippen LogP contribution in [0.25, 0.3) is 0 Å². The van der Waals surface area contributed by atoms with Crippen molar-refractivity contribution in [3.63, 3.8) is 0 Å². The molecule has 0 saturated carbocycles. The second kappa shape index (κ2) is 5.77. The summed E-state index contributed by atoms with van der Waals surface area (Å²) in [6.45, 7) is 8.22. The predicted octanol–water partition coefficient (Wildman–Crippen LogP) is 1.60. The van der Waals surface area contributed by atoms with Crippen molar-refractivity contribution in [2.75, 3.05) is 26.2 Å². The van der Waals surface area contributed by atoms with Crippen LogP contribution < -0.4 is 5.32 Å². The van der Waals surface area contributed by atoms with Crippen LogP contribution in [0.4, 0.5) is 0 Å². The second-order valence-electron chi connectivity index (χ2n) is 4.11. The number of nitrogens with one attached hydrogen (secondary N) is 1. The lowest BCUT2D eigenvalue weighted by Crippen LogP contribution is -2.45. The molecule has 0 aromatic carbocycles. The van der Waals surface area contributed by atoms with E-state index in [0.717, 1.165) is 32.6 Å². The average molecular weight is 217 g/mol. The number of pyridine rings is 1. The molecule has 0 spiro atoms. The van der Waals surface area contributed by atoms with E-state index in [2.05, 4.69) is 27.8 Å². The van der Waals surface area contributed by atoms with Gasteiger partial charge in [-0.25, -0.2) is 0 Å². The Balaban J connectivity index is 2.12. The van der Waals surface area contributed by atoms with Gasteiger partial charge in [0.25, 0.3) is 0 Å². The Bertz CT molecular complexity index is 317. The molecular weight excluding hydrogens is 198 g/mol. The van der Waals surface area contributed by atoms with Gasteiger partial charge in [0, 0.05) is 44.6 Å². The van der Waals surface area contributed by atoms with E-state index in [0.29, 0.717) is 6.04 Å². The SMILES string of the molecule is C=CC[C@@H](c1cccnc1)N1CCNCC1. The van der Waals surface area contributed by atoms with Crippen LogP contribution in [0.1, 0.15) is 18.0 Å². The van der Waals surface area contributed by atoms with Crippen LogP contribution in [0, 0.1) is 0 Å². The zero-order valence-corrected chi connectivity index (χ0v) is 9.60. The van der Waals surface area contributed by atoms with Gasteiger partial charge in [0.05, 0.1) is 0 Å². The summed E-state index contributed by atoms with van der Waals surface area (Å²) in [7, 11) is 0. The van der Waals surface area contributed by atoms with E-state index in [1.807, 2.05) is 24.5 Å². The molecule has 2 heterocycles. The molecule has 3 nitrogen and oxygen atoms in total. The van der Waals surface area contributed by atoms with Crippen LogP contribution in [0.15, 0.2) is 37.2 Å². The smallest absolute Gasteiger partial charge is 0.0398 e. The molecule has 1 N–H and O–H groups in total. The minimum Gasteiger partial charge on any atom is -0.314 e. The Morgan fingerprint density at radius 1 is 1.50 bits per heavy atom. The lowest BCUT2D eigenvalue weighted by Gasteiger charge is -2.34. The highest BCUT2D eigenvalue weighted by Gasteiger charge is 2.20. The Kier molecular flexibility index (Phi) is 4.08. The number of hydrogen-bond acceptors (Lipinski definition) is 3. The van der Waals surface area contributed by atoms with Gasteiger partial charge < -0.3 is 5.32 Å².